The first-order valence-electron chi connectivity index (χ1n) is 28.2. The third-order valence-electron chi connectivity index (χ3n) is 16.4. The summed E-state index contributed by atoms with van der Waals surface area (Å²) in [6.45, 7) is 0. The lowest BCUT2D eigenvalue weighted by Gasteiger charge is -2.26. The Morgan fingerprint density at radius 2 is 0.488 bits per heavy atom. The predicted octanol–water partition coefficient (Wildman–Crippen LogP) is 22.2. The van der Waals surface area contributed by atoms with E-state index >= 15 is 0 Å². The highest BCUT2D eigenvalue weighted by Gasteiger charge is 2.20. The van der Waals surface area contributed by atoms with Gasteiger partial charge in [-0.25, -0.2) is 0 Å². The van der Waals surface area contributed by atoms with Crippen LogP contribution < -0.4 is 4.90 Å². The van der Waals surface area contributed by atoms with Crippen LogP contribution >= 0.6 is 0 Å². The molecule has 0 spiro atoms. The van der Waals surface area contributed by atoms with Gasteiger partial charge in [-0.3, -0.25) is 0 Å². The quantitative estimate of drug-likeness (QED) is 0.117. The lowest BCUT2D eigenvalue weighted by molar-refractivity contribution is 1.17. The monoisotopic (exact) mass is 1040 g/mol. The zero-order chi connectivity index (χ0) is 54.3. The fourth-order valence-electron chi connectivity index (χ4n) is 12.4. The van der Waals surface area contributed by atoms with Gasteiger partial charge in [0.2, 0.25) is 0 Å². The van der Waals surface area contributed by atoms with E-state index in [2.05, 4.69) is 337 Å². The summed E-state index contributed by atoms with van der Waals surface area (Å²) < 4.78 is 2.43. The summed E-state index contributed by atoms with van der Waals surface area (Å²) >= 11 is 0. The topological polar surface area (TPSA) is 8.17 Å². The van der Waals surface area contributed by atoms with Crippen LogP contribution in [0.3, 0.4) is 0 Å². The summed E-state index contributed by atoms with van der Waals surface area (Å²) in [4.78, 5) is 2.36. The van der Waals surface area contributed by atoms with Gasteiger partial charge in [0.25, 0.3) is 0 Å². The molecule has 1 heterocycles. The van der Waals surface area contributed by atoms with Gasteiger partial charge in [0.1, 0.15) is 0 Å². The van der Waals surface area contributed by atoms with Crippen LogP contribution in [0.5, 0.6) is 0 Å². The summed E-state index contributed by atoms with van der Waals surface area (Å²) in [7, 11) is 0. The third kappa shape index (κ3) is 8.80. The Kier molecular flexibility index (Phi) is 12.2. The molecule has 0 aliphatic rings. The van der Waals surface area contributed by atoms with E-state index in [1.165, 1.54) is 105 Å². The fourth-order valence-corrected chi connectivity index (χ4v) is 12.4. The Morgan fingerprint density at radius 1 is 0.183 bits per heavy atom. The van der Waals surface area contributed by atoms with Crippen molar-refractivity contribution < 1.29 is 0 Å². The van der Waals surface area contributed by atoms with Crippen molar-refractivity contribution in [2.75, 3.05) is 4.90 Å². The van der Waals surface area contributed by atoms with Gasteiger partial charge >= 0.3 is 0 Å². The molecule has 0 aliphatic carbocycles. The number of anilines is 3. The molecule has 0 unspecified atom stereocenters. The molecule has 0 aliphatic heterocycles. The Labute approximate surface area is 478 Å². The number of fused-ring (bicyclic) bond motifs is 5. The summed E-state index contributed by atoms with van der Waals surface area (Å²) in [6, 6.07) is 120. The Morgan fingerprint density at radius 3 is 0.976 bits per heavy atom. The summed E-state index contributed by atoms with van der Waals surface area (Å²) in [5.41, 5.74) is 23.5. The van der Waals surface area contributed by atoms with E-state index in [4.69, 9.17) is 0 Å². The van der Waals surface area contributed by atoms with Crippen LogP contribution in [0.25, 0.3) is 127 Å². The fraction of sp³-hybridized carbons (Fsp3) is 0. The average Bonchev–Trinajstić information content (AvgIpc) is 3.83. The number of para-hydroxylation sites is 1. The van der Waals surface area contributed by atoms with Gasteiger partial charge in [-0.1, -0.05) is 237 Å². The Bertz CT molecular complexity index is 4660. The average molecular weight is 1040 g/mol. The maximum Gasteiger partial charge on any atom is 0.0541 e. The van der Waals surface area contributed by atoms with Crippen molar-refractivity contribution in [3.05, 3.63) is 328 Å². The van der Waals surface area contributed by atoms with E-state index < -0.39 is 0 Å². The normalized spacial score (nSPS) is 11.4. The van der Waals surface area contributed by atoms with E-state index in [9.17, 15) is 0 Å². The number of nitrogens with zero attached hydrogens (tertiary/aromatic N) is 2. The molecule has 0 bridgehead atoms. The molecule has 0 atom stereocenters. The van der Waals surface area contributed by atoms with E-state index in [1.807, 2.05) is 0 Å². The molecule has 15 aromatic rings. The summed E-state index contributed by atoms with van der Waals surface area (Å²) in [5, 5.41) is 7.41. The molecular formula is C80H54N2. The molecule has 1 aromatic heterocycles. The van der Waals surface area contributed by atoms with Crippen LogP contribution in [0, 0.1) is 0 Å². The first kappa shape index (κ1) is 48.3. The number of hydrogen-bond acceptors (Lipinski definition) is 1. The zero-order valence-electron chi connectivity index (χ0n) is 45.1. The van der Waals surface area contributed by atoms with Crippen LogP contribution in [-0.4, -0.2) is 4.57 Å². The van der Waals surface area contributed by atoms with Crippen LogP contribution in [0.15, 0.2) is 328 Å². The molecule has 14 aromatic carbocycles. The van der Waals surface area contributed by atoms with E-state index in [0.29, 0.717) is 0 Å². The molecule has 0 saturated carbocycles. The minimum Gasteiger partial charge on any atom is -0.311 e. The molecular weight excluding hydrogens is 989 g/mol. The second-order valence-electron chi connectivity index (χ2n) is 21.2. The first-order valence-corrected chi connectivity index (χ1v) is 28.2. The van der Waals surface area contributed by atoms with Crippen LogP contribution in [0.1, 0.15) is 0 Å². The molecule has 15 rings (SSSR count). The SMILES string of the molecule is c1ccc(-c2cccc(-c3ccc4c(c3)c3cc(-c5cccc(-c6ccccc6)c5)ccc3n4-c3ccc(N(c4ccccc4)c4ccc(-c5ccc6c(-c7ccccc7)c7ccccc7c(-c7ccccc7)c6c5)cc4)cc3)c2)cc1. The van der Waals surface area contributed by atoms with Crippen LogP contribution in [-0.2, 0) is 0 Å². The molecule has 82 heavy (non-hydrogen) atoms. The lowest BCUT2D eigenvalue weighted by atomic mass is 9.85. The zero-order valence-corrected chi connectivity index (χ0v) is 45.1. The van der Waals surface area contributed by atoms with Crippen molar-refractivity contribution in [2.45, 2.75) is 0 Å². The first-order chi connectivity index (χ1) is 40.7. The third-order valence-corrected chi connectivity index (χ3v) is 16.4. The summed E-state index contributed by atoms with van der Waals surface area (Å²) in [5.74, 6) is 0. The second kappa shape index (κ2) is 20.8. The molecule has 0 amide bonds. The van der Waals surface area contributed by atoms with Crippen LogP contribution in [0.2, 0.25) is 0 Å². The maximum absolute atomic E-state index is 2.43. The van der Waals surface area contributed by atoms with Crippen molar-refractivity contribution in [1.29, 1.82) is 0 Å². The smallest absolute Gasteiger partial charge is 0.0541 e. The van der Waals surface area contributed by atoms with Gasteiger partial charge in [0.05, 0.1) is 11.0 Å². The van der Waals surface area contributed by atoms with Crippen molar-refractivity contribution in [3.63, 3.8) is 0 Å². The molecule has 0 radical (unpaired) electrons. The van der Waals surface area contributed by atoms with Gasteiger partial charge in [-0.2, -0.15) is 0 Å². The number of hydrogen-bond donors (Lipinski definition) is 0. The summed E-state index contributed by atoms with van der Waals surface area (Å²) in [6.07, 6.45) is 0. The second-order valence-corrected chi connectivity index (χ2v) is 21.2. The largest absolute Gasteiger partial charge is 0.311 e. The highest BCUT2D eigenvalue weighted by molar-refractivity contribution is 6.22. The van der Waals surface area contributed by atoms with E-state index in [-0.39, 0.29) is 0 Å². The number of aromatic nitrogens is 1. The molecule has 0 saturated heterocycles. The van der Waals surface area contributed by atoms with E-state index in [1.54, 1.807) is 0 Å². The molecule has 2 nitrogen and oxygen atoms in total. The Balaban J connectivity index is 0.822. The molecule has 384 valence electrons. The van der Waals surface area contributed by atoms with Crippen LogP contribution in [0.4, 0.5) is 17.1 Å². The van der Waals surface area contributed by atoms with Gasteiger partial charge in [-0.15, -0.1) is 0 Å². The highest BCUT2D eigenvalue weighted by Crippen LogP contribution is 2.46. The number of benzene rings is 14. The minimum absolute atomic E-state index is 1.07. The van der Waals surface area contributed by atoms with Gasteiger partial charge in [0, 0.05) is 33.5 Å². The molecule has 2 heteroatoms. The van der Waals surface area contributed by atoms with Gasteiger partial charge in [0.15, 0.2) is 0 Å². The molecule has 0 N–H and O–H groups in total. The molecule has 0 fully saturated rings. The highest BCUT2D eigenvalue weighted by atomic mass is 15.1. The van der Waals surface area contributed by atoms with E-state index in [0.717, 1.165) is 39.3 Å². The standard InChI is InChI=1S/C80H54N2/c1-6-20-55(21-7-1)60-28-18-30-62(50-60)65-39-48-77-74(52-65)75-53-66(63-31-19-29-61(51-63)56-22-8-2-9-23-56)40-49-78(75)82(77)70-45-43-69(44-46-70)81(67-32-14-5-15-33-67)68-41-36-57(37-42-68)64-38-47-73-76(54-64)80(59-26-12-4-13-27-59)72-35-17-16-34-71(72)79(73)58-24-10-3-11-25-58/h1-54H. The van der Waals surface area contributed by atoms with Gasteiger partial charge in [-0.05, 0) is 190 Å². The van der Waals surface area contributed by atoms with Crippen molar-refractivity contribution >= 4 is 60.4 Å². The number of rotatable bonds is 11. The van der Waals surface area contributed by atoms with Crippen molar-refractivity contribution in [2.24, 2.45) is 0 Å². The van der Waals surface area contributed by atoms with Gasteiger partial charge < -0.3 is 9.47 Å². The maximum atomic E-state index is 2.43. The minimum atomic E-state index is 1.07. The predicted molar refractivity (Wildman–Crippen MR) is 349 cm³/mol. The van der Waals surface area contributed by atoms with Crippen molar-refractivity contribution in [1.82, 2.24) is 4.57 Å². The van der Waals surface area contributed by atoms with Crippen molar-refractivity contribution in [3.8, 4) is 83.6 Å². The Hall–Kier alpha value is -10.8. The lowest BCUT2D eigenvalue weighted by Crippen LogP contribution is -2.10.